The number of nitrogens with zero attached hydrogens (tertiary/aromatic N) is 3. The third-order valence-corrected chi connectivity index (χ3v) is 5.10. The number of thiazole rings is 1. The summed E-state index contributed by atoms with van der Waals surface area (Å²) in [5.41, 5.74) is 2.63. The van der Waals surface area contributed by atoms with E-state index in [1.807, 2.05) is 24.3 Å². The smallest absolute Gasteiger partial charge is 0.259 e. The van der Waals surface area contributed by atoms with Gasteiger partial charge in [0.05, 0.1) is 33.1 Å². The van der Waals surface area contributed by atoms with Gasteiger partial charge in [-0.1, -0.05) is 28.6 Å². The monoisotopic (exact) mass is 376 g/mol. The number of rotatable bonds is 3. The molecule has 27 heavy (non-hydrogen) atoms. The molecule has 0 aliphatic carbocycles. The maximum absolute atomic E-state index is 13.0. The lowest BCUT2D eigenvalue weighted by atomic mass is 10.1. The van der Waals surface area contributed by atoms with Gasteiger partial charge >= 0.3 is 0 Å². The van der Waals surface area contributed by atoms with E-state index >= 15 is 0 Å². The highest BCUT2D eigenvalue weighted by Crippen LogP contribution is 2.29. The van der Waals surface area contributed by atoms with E-state index in [2.05, 4.69) is 20.4 Å². The van der Waals surface area contributed by atoms with Crippen LogP contribution in [0.4, 0.5) is 5.13 Å². The van der Waals surface area contributed by atoms with Gasteiger partial charge in [0.15, 0.2) is 10.9 Å². The van der Waals surface area contributed by atoms with Crippen LogP contribution in [-0.4, -0.2) is 21.0 Å². The van der Waals surface area contributed by atoms with Crippen molar-refractivity contribution in [1.82, 2.24) is 15.1 Å². The first kappa shape index (κ1) is 15.7. The van der Waals surface area contributed by atoms with Crippen molar-refractivity contribution in [2.24, 2.45) is 0 Å². The average Bonchev–Trinajstić information content (AvgIpc) is 3.40. The van der Waals surface area contributed by atoms with Crippen LogP contribution in [0.5, 0.6) is 0 Å². The number of nitrogens with one attached hydrogen (secondary N) is 1. The fraction of sp³-hybridized carbons (Fsp3) is 0.0526. The van der Waals surface area contributed by atoms with Gasteiger partial charge in [-0.3, -0.25) is 10.1 Å². The Hall–Kier alpha value is -3.52. The molecule has 0 saturated heterocycles. The summed E-state index contributed by atoms with van der Waals surface area (Å²) in [4.78, 5) is 21.9. The number of furan rings is 1. The van der Waals surface area contributed by atoms with E-state index in [0.29, 0.717) is 33.2 Å². The lowest BCUT2D eigenvalue weighted by Gasteiger charge is -2.05. The molecule has 5 aromatic rings. The van der Waals surface area contributed by atoms with Crippen molar-refractivity contribution in [2.75, 3.05) is 5.32 Å². The van der Waals surface area contributed by atoms with E-state index in [1.165, 1.54) is 11.3 Å². The zero-order valence-corrected chi connectivity index (χ0v) is 14.9. The summed E-state index contributed by atoms with van der Waals surface area (Å²) in [5, 5.41) is 7.91. The number of anilines is 1. The summed E-state index contributed by atoms with van der Waals surface area (Å²) in [6.07, 6.45) is 1.55. The summed E-state index contributed by atoms with van der Waals surface area (Å²) in [6.45, 7) is 1.77. The molecule has 0 saturated carbocycles. The predicted octanol–water partition coefficient (Wildman–Crippen LogP) is 4.65. The predicted molar refractivity (Wildman–Crippen MR) is 102 cm³/mol. The number of aryl methyl sites for hydroxylation is 1. The maximum atomic E-state index is 13.0. The molecule has 4 heterocycles. The van der Waals surface area contributed by atoms with Crippen LogP contribution in [0, 0.1) is 6.92 Å². The average molecular weight is 376 g/mol. The van der Waals surface area contributed by atoms with Gasteiger partial charge < -0.3 is 8.94 Å². The van der Waals surface area contributed by atoms with Crippen molar-refractivity contribution in [2.45, 2.75) is 6.92 Å². The van der Waals surface area contributed by atoms with Crippen molar-refractivity contribution in [3.05, 3.63) is 60.0 Å². The summed E-state index contributed by atoms with van der Waals surface area (Å²) >= 11 is 1.42. The molecule has 132 valence electrons. The number of fused-ring (bicyclic) bond motifs is 2. The highest BCUT2D eigenvalue weighted by Gasteiger charge is 2.21. The van der Waals surface area contributed by atoms with Gasteiger partial charge in [-0.25, -0.2) is 9.97 Å². The highest BCUT2D eigenvalue weighted by molar-refractivity contribution is 7.22. The molecular formula is C19H12N4O3S. The molecule has 1 aromatic carbocycles. The quantitative estimate of drug-likeness (QED) is 0.492. The van der Waals surface area contributed by atoms with Crippen molar-refractivity contribution < 1.29 is 13.7 Å². The molecule has 5 rings (SSSR count). The molecule has 1 amide bonds. The Morgan fingerprint density at radius 3 is 2.85 bits per heavy atom. The van der Waals surface area contributed by atoms with Crippen molar-refractivity contribution in [3.63, 3.8) is 0 Å². The molecule has 0 aliphatic heterocycles. The fourth-order valence-electron chi connectivity index (χ4n) is 2.91. The number of hydrogen-bond donors (Lipinski definition) is 1. The summed E-state index contributed by atoms with van der Waals surface area (Å²) in [6, 6.07) is 12.9. The molecule has 1 N–H and O–H groups in total. The standard InChI is InChI=1S/C19H12N4O3S/c1-10-16-11(9-13(14-6-4-8-25-14)20-18(16)26-23-10)17(24)22-19-21-12-5-2-3-7-15(12)27-19/h2-9H,1H3,(H,21,22,24). The lowest BCUT2D eigenvalue weighted by molar-refractivity contribution is 0.102. The van der Waals surface area contributed by atoms with E-state index in [1.54, 1.807) is 31.4 Å². The Bertz CT molecular complexity index is 1250. The third-order valence-electron chi connectivity index (χ3n) is 4.15. The Balaban J connectivity index is 1.60. The zero-order chi connectivity index (χ0) is 18.4. The van der Waals surface area contributed by atoms with Crippen LogP contribution < -0.4 is 5.32 Å². The second-order valence-electron chi connectivity index (χ2n) is 5.92. The van der Waals surface area contributed by atoms with Crippen LogP contribution in [-0.2, 0) is 0 Å². The number of pyridine rings is 1. The molecule has 4 aromatic heterocycles. The van der Waals surface area contributed by atoms with Gasteiger partial charge in [-0.15, -0.1) is 0 Å². The molecule has 0 aliphatic rings. The van der Waals surface area contributed by atoms with E-state index in [-0.39, 0.29) is 11.6 Å². The van der Waals surface area contributed by atoms with Crippen LogP contribution >= 0.6 is 11.3 Å². The zero-order valence-electron chi connectivity index (χ0n) is 14.1. The van der Waals surface area contributed by atoms with Crippen LogP contribution in [0.2, 0.25) is 0 Å². The van der Waals surface area contributed by atoms with Crippen LogP contribution in [0.3, 0.4) is 0 Å². The molecule has 7 nitrogen and oxygen atoms in total. The number of carbonyl (C=O) groups excluding carboxylic acids is 1. The van der Waals surface area contributed by atoms with E-state index < -0.39 is 0 Å². The first-order chi connectivity index (χ1) is 13.2. The minimum Gasteiger partial charge on any atom is -0.463 e. The van der Waals surface area contributed by atoms with Crippen molar-refractivity contribution in [3.8, 4) is 11.5 Å². The van der Waals surface area contributed by atoms with Crippen LogP contribution in [0.1, 0.15) is 16.1 Å². The molecule has 0 radical (unpaired) electrons. The third kappa shape index (κ3) is 2.67. The Morgan fingerprint density at radius 1 is 1.15 bits per heavy atom. The number of amides is 1. The fourth-order valence-corrected chi connectivity index (χ4v) is 3.78. The van der Waals surface area contributed by atoms with Gasteiger partial charge in [-0.05, 0) is 37.3 Å². The second-order valence-corrected chi connectivity index (χ2v) is 6.95. The Kier molecular flexibility index (Phi) is 3.51. The lowest BCUT2D eigenvalue weighted by Crippen LogP contribution is -2.13. The van der Waals surface area contributed by atoms with Crippen molar-refractivity contribution in [1.29, 1.82) is 0 Å². The van der Waals surface area contributed by atoms with E-state index in [9.17, 15) is 4.79 Å². The molecule has 0 bridgehead atoms. The number of carbonyl (C=O) groups is 1. The SMILES string of the molecule is Cc1noc2nc(-c3ccco3)cc(C(=O)Nc3nc4ccccc4s3)c12. The second kappa shape index (κ2) is 6.03. The van der Waals surface area contributed by atoms with Gasteiger partial charge in [0, 0.05) is 0 Å². The Morgan fingerprint density at radius 2 is 2.04 bits per heavy atom. The molecule has 8 heteroatoms. The van der Waals surface area contributed by atoms with E-state index in [0.717, 1.165) is 10.2 Å². The largest absolute Gasteiger partial charge is 0.463 e. The van der Waals surface area contributed by atoms with Crippen molar-refractivity contribution >= 4 is 43.7 Å². The minimum atomic E-state index is -0.305. The van der Waals surface area contributed by atoms with Crippen LogP contribution in [0.25, 0.3) is 32.8 Å². The number of para-hydroxylation sites is 1. The van der Waals surface area contributed by atoms with Gasteiger partial charge in [0.2, 0.25) is 0 Å². The number of aromatic nitrogens is 3. The highest BCUT2D eigenvalue weighted by atomic mass is 32.1. The molecule has 0 spiro atoms. The van der Waals surface area contributed by atoms with Gasteiger partial charge in [0.1, 0.15) is 5.69 Å². The number of benzene rings is 1. The molecular weight excluding hydrogens is 364 g/mol. The minimum absolute atomic E-state index is 0.288. The maximum Gasteiger partial charge on any atom is 0.259 e. The summed E-state index contributed by atoms with van der Waals surface area (Å²) in [5.74, 6) is 0.237. The Labute approximate surface area is 156 Å². The first-order valence-electron chi connectivity index (χ1n) is 8.17. The van der Waals surface area contributed by atoms with Gasteiger partial charge in [0.25, 0.3) is 11.6 Å². The molecule has 0 fully saturated rings. The molecule has 0 atom stereocenters. The topological polar surface area (TPSA) is 94.0 Å². The van der Waals surface area contributed by atoms with Crippen LogP contribution in [0.15, 0.2) is 57.7 Å². The van der Waals surface area contributed by atoms with E-state index in [4.69, 9.17) is 8.94 Å². The van der Waals surface area contributed by atoms with Gasteiger partial charge in [-0.2, -0.15) is 0 Å². The molecule has 0 unspecified atom stereocenters. The normalized spacial score (nSPS) is 11.3. The number of hydrogen-bond acceptors (Lipinski definition) is 7. The summed E-state index contributed by atoms with van der Waals surface area (Å²) in [7, 11) is 0. The first-order valence-corrected chi connectivity index (χ1v) is 8.98. The summed E-state index contributed by atoms with van der Waals surface area (Å²) < 4.78 is 11.7.